The van der Waals surface area contributed by atoms with E-state index in [9.17, 15) is 4.79 Å². The Morgan fingerprint density at radius 2 is 1.89 bits per heavy atom. The number of benzene rings is 1. The second-order valence-corrected chi connectivity index (χ2v) is 5.32. The first-order valence-corrected chi connectivity index (χ1v) is 6.60. The Balaban J connectivity index is 2.61. The summed E-state index contributed by atoms with van der Waals surface area (Å²) in [5, 5.41) is 3.62. The Labute approximate surface area is 114 Å². The van der Waals surface area contributed by atoms with Gasteiger partial charge in [0.15, 0.2) is 0 Å². The molecule has 0 heterocycles. The highest BCUT2D eigenvalue weighted by Crippen LogP contribution is 2.24. The van der Waals surface area contributed by atoms with E-state index in [2.05, 4.69) is 5.32 Å². The summed E-state index contributed by atoms with van der Waals surface area (Å²) in [6, 6.07) is 7.39. The van der Waals surface area contributed by atoms with Gasteiger partial charge in [-0.25, -0.2) is 0 Å². The van der Waals surface area contributed by atoms with Crippen LogP contribution in [0.2, 0.25) is 5.02 Å². The van der Waals surface area contributed by atoms with E-state index in [1.165, 1.54) is 0 Å². The molecule has 0 spiro atoms. The van der Waals surface area contributed by atoms with Gasteiger partial charge in [0.25, 0.3) is 0 Å². The summed E-state index contributed by atoms with van der Waals surface area (Å²) in [4.78, 5) is 12.1. The molecule has 3 N–H and O–H groups in total. The molecule has 0 radical (unpaired) electrons. The first-order valence-electron chi connectivity index (χ1n) is 6.23. The monoisotopic (exact) mass is 268 g/mol. The molecule has 0 aromatic heterocycles. The maximum Gasteiger partial charge on any atom is 0.230 e. The normalized spacial score (nSPS) is 11.3. The summed E-state index contributed by atoms with van der Waals surface area (Å²) in [5.41, 5.74) is 5.82. The van der Waals surface area contributed by atoms with Crippen LogP contribution in [0.1, 0.15) is 32.3 Å². The Morgan fingerprint density at radius 1 is 1.28 bits per heavy atom. The fourth-order valence-corrected chi connectivity index (χ4v) is 1.82. The Bertz CT molecular complexity index is 387. The van der Waals surface area contributed by atoms with Gasteiger partial charge in [-0.15, -0.1) is 0 Å². The molecule has 18 heavy (non-hydrogen) atoms. The fourth-order valence-electron chi connectivity index (χ4n) is 1.69. The minimum Gasteiger partial charge on any atom is -0.355 e. The SMILES string of the molecule is CC(C)(C(=O)NCCCCN)c1ccc(Cl)cc1. The van der Waals surface area contributed by atoms with Gasteiger partial charge < -0.3 is 11.1 Å². The van der Waals surface area contributed by atoms with Crippen molar-refractivity contribution in [3.8, 4) is 0 Å². The predicted octanol–water partition coefficient (Wildman–Crippen LogP) is 2.47. The maximum absolute atomic E-state index is 12.1. The van der Waals surface area contributed by atoms with E-state index >= 15 is 0 Å². The standard InChI is InChI=1S/C14H21ClN2O/c1-14(2,11-5-7-12(15)8-6-11)13(18)17-10-4-3-9-16/h5-8H,3-4,9-10,16H2,1-2H3,(H,17,18). The van der Waals surface area contributed by atoms with Crippen molar-refractivity contribution in [3.63, 3.8) is 0 Å². The predicted molar refractivity (Wildman–Crippen MR) is 75.8 cm³/mol. The van der Waals surface area contributed by atoms with Gasteiger partial charge in [0, 0.05) is 11.6 Å². The highest BCUT2D eigenvalue weighted by molar-refractivity contribution is 6.30. The maximum atomic E-state index is 12.1. The molecule has 1 aromatic carbocycles. The molecule has 0 aliphatic heterocycles. The molecule has 1 aromatic rings. The molecule has 0 bridgehead atoms. The van der Waals surface area contributed by atoms with Gasteiger partial charge >= 0.3 is 0 Å². The summed E-state index contributed by atoms with van der Waals surface area (Å²) in [6.07, 6.45) is 1.85. The van der Waals surface area contributed by atoms with Crippen LogP contribution in [0.25, 0.3) is 0 Å². The van der Waals surface area contributed by atoms with Crippen LogP contribution < -0.4 is 11.1 Å². The third kappa shape index (κ3) is 4.00. The molecule has 1 amide bonds. The average Bonchev–Trinajstić information content (AvgIpc) is 2.35. The summed E-state index contributed by atoms with van der Waals surface area (Å²) in [7, 11) is 0. The van der Waals surface area contributed by atoms with Gasteiger partial charge in [-0.05, 0) is 50.9 Å². The molecular formula is C14H21ClN2O. The van der Waals surface area contributed by atoms with Crippen LogP contribution in [0.3, 0.4) is 0 Å². The number of carbonyl (C=O) groups excluding carboxylic acids is 1. The molecule has 0 aliphatic carbocycles. The van der Waals surface area contributed by atoms with Crippen molar-refractivity contribution < 1.29 is 4.79 Å². The zero-order chi connectivity index (χ0) is 13.6. The van der Waals surface area contributed by atoms with Crippen molar-refractivity contribution >= 4 is 17.5 Å². The molecule has 0 fully saturated rings. The molecule has 1 rings (SSSR count). The highest BCUT2D eigenvalue weighted by Gasteiger charge is 2.29. The summed E-state index contributed by atoms with van der Waals surface area (Å²) >= 11 is 5.85. The van der Waals surface area contributed by atoms with E-state index in [0.717, 1.165) is 18.4 Å². The lowest BCUT2D eigenvalue weighted by molar-refractivity contribution is -0.125. The molecule has 4 heteroatoms. The van der Waals surface area contributed by atoms with E-state index in [-0.39, 0.29) is 5.91 Å². The van der Waals surface area contributed by atoms with Crippen molar-refractivity contribution in [2.24, 2.45) is 5.73 Å². The number of hydrogen-bond donors (Lipinski definition) is 2. The molecule has 0 atom stereocenters. The molecule has 3 nitrogen and oxygen atoms in total. The molecular weight excluding hydrogens is 248 g/mol. The molecule has 0 aliphatic rings. The summed E-state index contributed by atoms with van der Waals surface area (Å²) in [5.74, 6) is 0.0295. The number of halogens is 1. The largest absolute Gasteiger partial charge is 0.355 e. The van der Waals surface area contributed by atoms with Gasteiger partial charge in [0.2, 0.25) is 5.91 Å². The van der Waals surface area contributed by atoms with Crippen LogP contribution in [-0.4, -0.2) is 19.0 Å². The van der Waals surface area contributed by atoms with Gasteiger partial charge in [0.05, 0.1) is 5.41 Å². The van der Waals surface area contributed by atoms with Crippen LogP contribution in [0, 0.1) is 0 Å². The summed E-state index contributed by atoms with van der Waals surface area (Å²) in [6.45, 7) is 5.16. The Kier molecular flexibility index (Phi) is 5.63. The number of unbranched alkanes of at least 4 members (excludes halogenated alkanes) is 1. The zero-order valence-corrected chi connectivity index (χ0v) is 11.8. The third-order valence-electron chi connectivity index (χ3n) is 3.05. The highest BCUT2D eigenvalue weighted by atomic mass is 35.5. The van der Waals surface area contributed by atoms with Gasteiger partial charge in [0.1, 0.15) is 0 Å². The number of amides is 1. The first kappa shape index (κ1) is 15.0. The minimum absolute atomic E-state index is 0.0295. The second-order valence-electron chi connectivity index (χ2n) is 4.88. The number of rotatable bonds is 6. The first-order chi connectivity index (χ1) is 8.48. The number of carbonyl (C=O) groups is 1. The average molecular weight is 269 g/mol. The van der Waals surface area contributed by atoms with Crippen molar-refractivity contribution in [2.75, 3.05) is 13.1 Å². The lowest BCUT2D eigenvalue weighted by atomic mass is 9.84. The Hall–Kier alpha value is -1.06. The van der Waals surface area contributed by atoms with E-state index in [1.807, 2.05) is 26.0 Å². The zero-order valence-electron chi connectivity index (χ0n) is 11.0. The lowest BCUT2D eigenvalue weighted by Gasteiger charge is -2.24. The van der Waals surface area contributed by atoms with E-state index < -0.39 is 5.41 Å². The van der Waals surface area contributed by atoms with Gasteiger partial charge in [-0.1, -0.05) is 23.7 Å². The van der Waals surface area contributed by atoms with Crippen LogP contribution in [0.5, 0.6) is 0 Å². The van der Waals surface area contributed by atoms with Crippen molar-refractivity contribution in [1.82, 2.24) is 5.32 Å². The number of hydrogen-bond acceptors (Lipinski definition) is 2. The molecule has 100 valence electrons. The third-order valence-corrected chi connectivity index (χ3v) is 3.30. The number of nitrogens with one attached hydrogen (secondary N) is 1. The summed E-state index contributed by atoms with van der Waals surface area (Å²) < 4.78 is 0. The van der Waals surface area contributed by atoms with Crippen LogP contribution in [-0.2, 0) is 10.2 Å². The van der Waals surface area contributed by atoms with Crippen molar-refractivity contribution in [3.05, 3.63) is 34.9 Å². The molecule has 0 saturated carbocycles. The van der Waals surface area contributed by atoms with Crippen LogP contribution in [0.4, 0.5) is 0 Å². The van der Waals surface area contributed by atoms with E-state index in [1.54, 1.807) is 12.1 Å². The van der Waals surface area contributed by atoms with Crippen LogP contribution in [0.15, 0.2) is 24.3 Å². The number of nitrogens with two attached hydrogens (primary N) is 1. The fraction of sp³-hybridized carbons (Fsp3) is 0.500. The van der Waals surface area contributed by atoms with Crippen molar-refractivity contribution in [2.45, 2.75) is 32.1 Å². The van der Waals surface area contributed by atoms with Gasteiger partial charge in [-0.3, -0.25) is 4.79 Å². The smallest absolute Gasteiger partial charge is 0.230 e. The van der Waals surface area contributed by atoms with Crippen molar-refractivity contribution in [1.29, 1.82) is 0 Å². The Morgan fingerprint density at radius 3 is 2.44 bits per heavy atom. The quantitative estimate of drug-likeness (QED) is 0.779. The molecule has 0 unspecified atom stereocenters. The topological polar surface area (TPSA) is 55.1 Å². The molecule has 0 saturated heterocycles. The second kappa shape index (κ2) is 6.76. The van der Waals surface area contributed by atoms with Gasteiger partial charge in [-0.2, -0.15) is 0 Å². The van der Waals surface area contributed by atoms with E-state index in [4.69, 9.17) is 17.3 Å². The van der Waals surface area contributed by atoms with Crippen LogP contribution >= 0.6 is 11.6 Å². The lowest BCUT2D eigenvalue weighted by Crippen LogP contribution is -2.40. The minimum atomic E-state index is -0.548. The van der Waals surface area contributed by atoms with E-state index in [0.29, 0.717) is 18.1 Å².